The monoisotopic (exact) mass is 563 g/mol. The molecule has 0 unspecified atom stereocenters. The van der Waals surface area contributed by atoms with E-state index in [4.69, 9.17) is 21.1 Å². The lowest BCUT2D eigenvalue weighted by molar-refractivity contribution is -0.150. The molecule has 0 saturated heterocycles. The summed E-state index contributed by atoms with van der Waals surface area (Å²) in [6.45, 7) is 0. The first-order valence-electron chi connectivity index (χ1n) is 9.83. The van der Waals surface area contributed by atoms with Crippen LogP contribution in [0.25, 0.3) is 0 Å². The van der Waals surface area contributed by atoms with Crippen molar-refractivity contribution in [1.29, 1.82) is 5.26 Å². The molecule has 8 nitrogen and oxygen atoms in total. The van der Waals surface area contributed by atoms with Crippen molar-refractivity contribution in [1.82, 2.24) is 5.32 Å². The predicted octanol–water partition coefficient (Wildman–Crippen LogP) is 4.22. The molecule has 2 aromatic carbocycles. The van der Waals surface area contributed by atoms with Gasteiger partial charge in [0.2, 0.25) is 11.8 Å². The maximum absolute atomic E-state index is 12.9. The molecule has 0 spiro atoms. The van der Waals surface area contributed by atoms with Crippen LogP contribution in [0.15, 0.2) is 57.5 Å². The number of halogens is 2. The molecule has 2 N–H and O–H groups in total. The van der Waals surface area contributed by atoms with Gasteiger partial charge < -0.3 is 20.1 Å². The molecule has 3 rings (SSSR count). The maximum Gasteiger partial charge on any atom is 0.319 e. The second-order valence-corrected chi connectivity index (χ2v) is 9.34. The van der Waals surface area contributed by atoms with Gasteiger partial charge in [-0.3, -0.25) is 14.4 Å². The van der Waals surface area contributed by atoms with E-state index in [9.17, 15) is 19.6 Å². The second kappa shape index (κ2) is 11.4. The highest BCUT2D eigenvalue weighted by Crippen LogP contribution is 2.42. The van der Waals surface area contributed by atoms with E-state index in [1.807, 2.05) is 0 Å². The number of methoxy groups -OCH3 is 2. The van der Waals surface area contributed by atoms with Gasteiger partial charge >= 0.3 is 5.97 Å². The molecule has 176 valence electrons. The molecule has 11 heteroatoms. The van der Waals surface area contributed by atoms with E-state index in [-0.39, 0.29) is 22.3 Å². The number of anilines is 1. The van der Waals surface area contributed by atoms with Crippen LogP contribution in [0.2, 0.25) is 5.02 Å². The zero-order valence-electron chi connectivity index (χ0n) is 18.1. The number of hydrogen-bond donors (Lipinski definition) is 2. The Kier molecular flexibility index (Phi) is 8.61. The first-order chi connectivity index (χ1) is 16.3. The second-order valence-electron chi connectivity index (χ2n) is 7.06. The van der Waals surface area contributed by atoms with Crippen LogP contribution < -0.4 is 15.4 Å². The summed E-state index contributed by atoms with van der Waals surface area (Å²) in [5.41, 5.74) is 1.20. The number of allylic oxidation sites excluding steroid dienone is 1. The van der Waals surface area contributed by atoms with Crippen molar-refractivity contribution >= 4 is 62.8 Å². The average molecular weight is 565 g/mol. The molecule has 2 aromatic rings. The molecule has 1 aliphatic heterocycles. The van der Waals surface area contributed by atoms with Gasteiger partial charge in [-0.25, -0.2) is 0 Å². The van der Waals surface area contributed by atoms with E-state index in [1.165, 1.54) is 14.2 Å². The Hall–Kier alpha value is -3.00. The lowest BCUT2D eigenvalue weighted by Gasteiger charge is -2.31. The minimum atomic E-state index is -1.27. The number of nitrogens with one attached hydrogen (secondary N) is 2. The molecule has 34 heavy (non-hydrogen) atoms. The van der Waals surface area contributed by atoms with Crippen molar-refractivity contribution in [3.8, 4) is 11.8 Å². The number of carbonyl (C=O) groups excluding carboxylic acids is 3. The predicted molar refractivity (Wildman–Crippen MR) is 132 cm³/mol. The summed E-state index contributed by atoms with van der Waals surface area (Å²) in [7, 11) is 2.69. The number of esters is 1. The molecular weight excluding hydrogens is 546 g/mol. The third-order valence-corrected chi connectivity index (χ3v) is 6.85. The molecular formula is C23H19BrClN3O5S. The minimum absolute atomic E-state index is 0.0881. The Bertz CT molecular complexity index is 1210. The van der Waals surface area contributed by atoms with Crippen molar-refractivity contribution in [2.45, 2.75) is 5.92 Å². The third-order valence-electron chi connectivity index (χ3n) is 4.97. The molecule has 0 aliphatic carbocycles. The summed E-state index contributed by atoms with van der Waals surface area (Å²) in [6, 6.07) is 13.8. The van der Waals surface area contributed by atoms with Gasteiger partial charge in [0, 0.05) is 16.6 Å². The van der Waals surface area contributed by atoms with Gasteiger partial charge in [0.25, 0.3) is 0 Å². The van der Waals surface area contributed by atoms with E-state index >= 15 is 0 Å². The lowest BCUT2D eigenvalue weighted by Crippen LogP contribution is -2.44. The van der Waals surface area contributed by atoms with Crippen LogP contribution in [0, 0.1) is 17.2 Å². The number of ether oxygens (including phenoxy) is 2. The first-order valence-corrected chi connectivity index (χ1v) is 12.0. The number of carbonyl (C=O) groups is 3. The Morgan fingerprint density at radius 3 is 2.65 bits per heavy atom. The average Bonchev–Trinajstić information content (AvgIpc) is 2.81. The molecule has 0 radical (unpaired) electrons. The number of amides is 2. The largest absolute Gasteiger partial charge is 0.496 e. The van der Waals surface area contributed by atoms with Crippen molar-refractivity contribution in [3.63, 3.8) is 0 Å². The highest BCUT2D eigenvalue weighted by atomic mass is 79.9. The van der Waals surface area contributed by atoms with Crippen molar-refractivity contribution < 1.29 is 23.9 Å². The van der Waals surface area contributed by atoms with Gasteiger partial charge in [-0.05, 0) is 51.8 Å². The summed E-state index contributed by atoms with van der Waals surface area (Å²) in [6.07, 6.45) is 0. The first kappa shape index (κ1) is 25.6. The fourth-order valence-corrected chi connectivity index (χ4v) is 5.05. The summed E-state index contributed by atoms with van der Waals surface area (Å²) in [5, 5.41) is 15.9. The van der Waals surface area contributed by atoms with Crippen LogP contribution in [0.3, 0.4) is 0 Å². The quantitative estimate of drug-likeness (QED) is 0.382. The van der Waals surface area contributed by atoms with Gasteiger partial charge in [0.15, 0.2) is 0 Å². The highest BCUT2D eigenvalue weighted by Gasteiger charge is 2.44. The van der Waals surface area contributed by atoms with Crippen LogP contribution in [0.5, 0.6) is 5.75 Å². The SMILES string of the molecule is COC(=O)[C@@H]1C(=O)NC(SCC(=O)Nc2cccc(Cl)c2)=C(C#N)[C@@H]1c1ccc(OC)c(Br)c1. The van der Waals surface area contributed by atoms with Crippen LogP contribution in [0.4, 0.5) is 5.69 Å². The summed E-state index contributed by atoms with van der Waals surface area (Å²) in [5.74, 6) is -3.48. The summed E-state index contributed by atoms with van der Waals surface area (Å²) < 4.78 is 10.7. The molecule has 1 aliphatic rings. The van der Waals surface area contributed by atoms with Crippen LogP contribution in [-0.4, -0.2) is 37.8 Å². The van der Waals surface area contributed by atoms with Gasteiger partial charge in [0.05, 0.1) is 41.1 Å². The molecule has 1 heterocycles. The standard InChI is InChI=1S/C23H19BrClN3O5S/c1-32-17-7-6-12(8-16(17)24)19-15(10-26)22(28-21(30)20(19)23(31)33-2)34-11-18(29)27-14-5-3-4-13(25)9-14/h3-9,19-20H,11H2,1-2H3,(H,27,29)(H,28,30)/t19-,20-/m0/s1. The van der Waals surface area contributed by atoms with Crippen molar-refractivity contribution in [3.05, 3.63) is 68.1 Å². The normalized spacial score (nSPS) is 17.4. The molecule has 0 saturated carbocycles. The molecule has 0 fully saturated rings. The lowest BCUT2D eigenvalue weighted by atomic mass is 9.78. The molecule has 0 aromatic heterocycles. The number of nitriles is 1. The van der Waals surface area contributed by atoms with Crippen LogP contribution in [-0.2, 0) is 19.1 Å². The van der Waals surface area contributed by atoms with E-state index in [2.05, 4.69) is 32.6 Å². The van der Waals surface area contributed by atoms with E-state index in [0.717, 1.165) is 11.8 Å². The van der Waals surface area contributed by atoms with Gasteiger partial charge in [-0.1, -0.05) is 35.5 Å². The van der Waals surface area contributed by atoms with Crippen molar-refractivity contribution in [2.24, 2.45) is 5.92 Å². The van der Waals surface area contributed by atoms with Crippen LogP contribution in [0.1, 0.15) is 11.5 Å². The maximum atomic E-state index is 12.9. The molecule has 0 bridgehead atoms. The zero-order chi connectivity index (χ0) is 24.8. The Labute approximate surface area is 213 Å². The van der Waals surface area contributed by atoms with Gasteiger partial charge in [-0.15, -0.1) is 0 Å². The highest BCUT2D eigenvalue weighted by molar-refractivity contribution is 9.10. The topological polar surface area (TPSA) is 118 Å². The van der Waals surface area contributed by atoms with E-state index in [1.54, 1.807) is 42.5 Å². The molecule has 2 atom stereocenters. The van der Waals surface area contributed by atoms with E-state index in [0.29, 0.717) is 26.5 Å². The Balaban J connectivity index is 1.93. The number of hydrogen-bond acceptors (Lipinski definition) is 7. The fraction of sp³-hybridized carbons (Fsp3) is 0.217. The Morgan fingerprint density at radius 2 is 2.03 bits per heavy atom. The summed E-state index contributed by atoms with van der Waals surface area (Å²) in [4.78, 5) is 37.9. The minimum Gasteiger partial charge on any atom is -0.496 e. The van der Waals surface area contributed by atoms with E-state index < -0.39 is 23.7 Å². The zero-order valence-corrected chi connectivity index (χ0v) is 21.2. The van der Waals surface area contributed by atoms with Crippen LogP contribution >= 0.6 is 39.3 Å². The fourth-order valence-electron chi connectivity index (χ4n) is 3.46. The summed E-state index contributed by atoms with van der Waals surface area (Å²) >= 11 is 10.3. The van der Waals surface area contributed by atoms with Gasteiger partial charge in [0.1, 0.15) is 11.7 Å². The third kappa shape index (κ3) is 5.73. The smallest absolute Gasteiger partial charge is 0.319 e. The number of rotatable bonds is 7. The van der Waals surface area contributed by atoms with Crippen molar-refractivity contribution in [2.75, 3.05) is 25.3 Å². The number of thioether (sulfide) groups is 1. The number of nitrogens with zero attached hydrogens (tertiary/aromatic N) is 1. The molecule has 2 amide bonds. The van der Waals surface area contributed by atoms with Gasteiger partial charge in [-0.2, -0.15) is 5.26 Å². The number of benzene rings is 2. The Morgan fingerprint density at radius 1 is 1.26 bits per heavy atom.